The van der Waals surface area contributed by atoms with Gasteiger partial charge in [-0.3, -0.25) is 14.2 Å². The molecule has 0 saturated carbocycles. The third-order valence-corrected chi connectivity index (χ3v) is 5.48. The molecule has 0 atom stereocenters. The van der Waals surface area contributed by atoms with Crippen molar-refractivity contribution in [3.8, 4) is 5.75 Å². The van der Waals surface area contributed by atoms with Crippen LogP contribution >= 0.6 is 11.3 Å². The molecule has 0 fully saturated rings. The number of hydrogen-bond donors (Lipinski definition) is 1. The molecule has 1 aromatic heterocycles. The Bertz CT molecular complexity index is 1360. The predicted molar refractivity (Wildman–Crippen MR) is 130 cm³/mol. The Morgan fingerprint density at radius 1 is 1.21 bits per heavy atom. The van der Waals surface area contributed by atoms with E-state index in [1.807, 2.05) is 0 Å². The third-order valence-electron chi connectivity index (χ3n) is 4.42. The molecule has 0 unspecified atom stereocenters. The van der Waals surface area contributed by atoms with Crippen LogP contribution in [0.4, 0.5) is 10.1 Å². The molecule has 9 heteroatoms. The molecule has 176 valence electrons. The molecule has 2 aromatic carbocycles. The molecule has 34 heavy (non-hydrogen) atoms. The second-order valence-electron chi connectivity index (χ2n) is 6.96. The summed E-state index contributed by atoms with van der Waals surface area (Å²) in [5, 5.41) is 2.55. The van der Waals surface area contributed by atoms with E-state index in [1.165, 1.54) is 34.9 Å². The number of hydrogen-bond acceptors (Lipinski definition) is 6. The fourth-order valence-corrected chi connectivity index (χ4v) is 3.99. The highest BCUT2D eigenvalue weighted by atomic mass is 32.1. The van der Waals surface area contributed by atoms with Crippen LogP contribution < -0.4 is 24.8 Å². The molecule has 1 heterocycles. The van der Waals surface area contributed by atoms with Crippen LogP contribution in [0.3, 0.4) is 0 Å². The average molecular weight is 483 g/mol. The number of benzene rings is 2. The summed E-state index contributed by atoms with van der Waals surface area (Å²) >= 11 is 1.06. The van der Waals surface area contributed by atoms with Crippen molar-refractivity contribution in [3.63, 3.8) is 0 Å². The van der Waals surface area contributed by atoms with Gasteiger partial charge in [-0.15, -0.1) is 11.3 Å². The zero-order chi connectivity index (χ0) is 24.5. The fraction of sp³-hybridized carbons (Fsp3) is 0.160. The molecule has 3 aromatic rings. The van der Waals surface area contributed by atoms with Crippen molar-refractivity contribution < 1.29 is 23.5 Å². The number of aromatic nitrogens is 1. The summed E-state index contributed by atoms with van der Waals surface area (Å²) in [6.07, 6.45) is 4.47. The van der Waals surface area contributed by atoms with Crippen molar-refractivity contribution in [1.82, 2.24) is 4.57 Å². The van der Waals surface area contributed by atoms with E-state index in [-0.39, 0.29) is 23.5 Å². The number of anilines is 1. The van der Waals surface area contributed by atoms with Gasteiger partial charge in [-0.25, -0.2) is 9.18 Å². The van der Waals surface area contributed by atoms with E-state index in [1.54, 1.807) is 43.3 Å². The van der Waals surface area contributed by atoms with E-state index in [2.05, 4.69) is 11.9 Å². The largest absolute Gasteiger partial charge is 0.490 e. The zero-order valence-corrected chi connectivity index (χ0v) is 19.3. The van der Waals surface area contributed by atoms with Crippen LogP contribution in [0.15, 0.2) is 66.0 Å². The number of carbonyl (C=O) groups excluding carboxylic acids is 2. The lowest BCUT2D eigenvalue weighted by Crippen LogP contribution is -2.36. The monoisotopic (exact) mass is 482 g/mol. The van der Waals surface area contributed by atoms with Gasteiger partial charge in [0.05, 0.1) is 17.2 Å². The van der Waals surface area contributed by atoms with Crippen LogP contribution in [-0.4, -0.2) is 29.7 Å². The molecular formula is C25H23FN2O5S. The Balaban J connectivity index is 1.95. The number of halogens is 1. The zero-order valence-electron chi connectivity index (χ0n) is 18.5. The second kappa shape index (κ2) is 11.8. The predicted octanol–water partition coefficient (Wildman–Crippen LogP) is 2.42. The highest BCUT2D eigenvalue weighted by molar-refractivity contribution is 7.07. The van der Waals surface area contributed by atoms with Crippen LogP contribution in [0.5, 0.6) is 5.75 Å². The molecule has 3 rings (SSSR count). The summed E-state index contributed by atoms with van der Waals surface area (Å²) in [6, 6.07) is 12.5. The van der Waals surface area contributed by atoms with Crippen LogP contribution in [0.2, 0.25) is 0 Å². The standard InChI is InChI=1S/C25H23FN2O5S/c1-3-12-33-20-10-8-17(9-11-20)13-21-25(31)28(23(34-21)15-24(30)32-4-2)16-22(29)27-19-7-5-6-18(26)14-19/h3,5-11,13-15H,1,4,12,16H2,2H3,(H,27,29)/b21-13-,23-15-. The highest BCUT2D eigenvalue weighted by Gasteiger charge is 2.12. The van der Waals surface area contributed by atoms with Crippen molar-refractivity contribution in [2.24, 2.45) is 0 Å². The third kappa shape index (κ3) is 6.76. The molecule has 0 radical (unpaired) electrons. The van der Waals surface area contributed by atoms with Gasteiger partial charge in [0, 0.05) is 5.69 Å². The molecule has 1 N–H and O–H groups in total. The van der Waals surface area contributed by atoms with Gasteiger partial charge in [-0.1, -0.05) is 30.9 Å². The number of nitrogens with zero attached hydrogens (tertiary/aromatic N) is 1. The molecular weight excluding hydrogens is 459 g/mol. The van der Waals surface area contributed by atoms with Crippen molar-refractivity contribution in [1.29, 1.82) is 0 Å². The molecule has 7 nitrogen and oxygen atoms in total. The normalized spacial score (nSPS) is 11.8. The topological polar surface area (TPSA) is 86.6 Å². The van der Waals surface area contributed by atoms with Crippen molar-refractivity contribution >= 4 is 41.1 Å². The van der Waals surface area contributed by atoms with E-state index < -0.39 is 23.3 Å². The van der Waals surface area contributed by atoms with Crippen molar-refractivity contribution in [3.05, 3.63) is 92.1 Å². The maximum absolute atomic E-state index is 13.4. The first kappa shape index (κ1) is 24.7. The fourth-order valence-electron chi connectivity index (χ4n) is 2.95. The Morgan fingerprint density at radius 3 is 2.65 bits per heavy atom. The maximum atomic E-state index is 13.4. The van der Waals surface area contributed by atoms with Crippen LogP contribution in [0, 0.1) is 5.82 Å². The van der Waals surface area contributed by atoms with E-state index in [0.29, 0.717) is 16.9 Å². The van der Waals surface area contributed by atoms with Crippen molar-refractivity contribution in [2.45, 2.75) is 13.5 Å². The Morgan fingerprint density at radius 2 is 1.97 bits per heavy atom. The van der Waals surface area contributed by atoms with Crippen LogP contribution in [0.25, 0.3) is 12.2 Å². The Kier molecular flexibility index (Phi) is 8.53. The van der Waals surface area contributed by atoms with Gasteiger partial charge < -0.3 is 14.8 Å². The van der Waals surface area contributed by atoms with Gasteiger partial charge in [0.15, 0.2) is 0 Å². The molecule has 0 aliphatic rings. The molecule has 1 amide bonds. The average Bonchev–Trinajstić information content (AvgIpc) is 3.07. The number of rotatable bonds is 9. The number of esters is 1. The summed E-state index contributed by atoms with van der Waals surface area (Å²) in [6.45, 7) is 5.46. The smallest absolute Gasteiger partial charge is 0.333 e. The molecule has 0 aliphatic carbocycles. The molecule has 0 aliphatic heterocycles. The maximum Gasteiger partial charge on any atom is 0.333 e. The first-order valence-electron chi connectivity index (χ1n) is 10.4. The number of amides is 1. The lowest BCUT2D eigenvalue weighted by atomic mass is 10.2. The van der Waals surface area contributed by atoms with Gasteiger partial charge in [-0.2, -0.15) is 0 Å². The minimum atomic E-state index is -0.627. The van der Waals surface area contributed by atoms with E-state index in [0.717, 1.165) is 16.9 Å². The summed E-state index contributed by atoms with van der Waals surface area (Å²) in [5.41, 5.74) is 0.556. The van der Waals surface area contributed by atoms with E-state index >= 15 is 0 Å². The number of ether oxygens (including phenoxy) is 2. The van der Waals surface area contributed by atoms with Gasteiger partial charge in [0.25, 0.3) is 5.56 Å². The Hall–Kier alpha value is -3.98. The minimum absolute atomic E-state index is 0.171. The number of carbonyl (C=O) groups is 2. The van der Waals surface area contributed by atoms with Gasteiger partial charge in [0.2, 0.25) is 5.91 Å². The molecule has 0 spiro atoms. The molecule has 0 bridgehead atoms. The molecule has 0 saturated heterocycles. The summed E-state index contributed by atoms with van der Waals surface area (Å²) in [4.78, 5) is 37.7. The SMILES string of the molecule is C=CCOc1ccc(/C=c2\s/c(=C\C(=O)OCC)n(CC(=O)Nc3cccc(F)c3)c2=O)cc1. The van der Waals surface area contributed by atoms with Crippen LogP contribution in [-0.2, 0) is 20.9 Å². The van der Waals surface area contributed by atoms with Crippen LogP contribution in [0.1, 0.15) is 12.5 Å². The quantitative estimate of drug-likeness (QED) is 0.374. The second-order valence-corrected chi connectivity index (χ2v) is 8.03. The number of thiazole rings is 1. The summed E-state index contributed by atoms with van der Waals surface area (Å²) < 4.78 is 25.6. The lowest BCUT2D eigenvalue weighted by Gasteiger charge is -2.06. The van der Waals surface area contributed by atoms with Crippen molar-refractivity contribution in [2.75, 3.05) is 18.5 Å². The van der Waals surface area contributed by atoms with Gasteiger partial charge >= 0.3 is 5.97 Å². The number of nitrogens with one attached hydrogen (secondary N) is 1. The first-order chi connectivity index (χ1) is 16.4. The Labute approximate surface area is 199 Å². The summed E-state index contributed by atoms with van der Waals surface area (Å²) in [7, 11) is 0. The minimum Gasteiger partial charge on any atom is -0.490 e. The lowest BCUT2D eigenvalue weighted by molar-refractivity contribution is -0.135. The summed E-state index contributed by atoms with van der Waals surface area (Å²) in [5.74, 6) is -1.01. The highest BCUT2D eigenvalue weighted by Crippen LogP contribution is 2.12. The van der Waals surface area contributed by atoms with E-state index in [9.17, 15) is 18.8 Å². The van der Waals surface area contributed by atoms with Gasteiger partial charge in [-0.05, 0) is 48.9 Å². The van der Waals surface area contributed by atoms with E-state index in [4.69, 9.17) is 9.47 Å². The van der Waals surface area contributed by atoms with Gasteiger partial charge in [0.1, 0.15) is 29.4 Å². The first-order valence-corrected chi connectivity index (χ1v) is 11.2.